The Morgan fingerprint density at radius 2 is 2.14 bits per heavy atom. The lowest BCUT2D eigenvalue weighted by molar-refractivity contribution is -0.137. The molecule has 0 spiro atoms. The van der Waals surface area contributed by atoms with Crippen LogP contribution < -0.4 is 10.6 Å². The number of aryl methyl sites for hydroxylation is 2. The van der Waals surface area contributed by atoms with Gasteiger partial charge in [0.15, 0.2) is 0 Å². The minimum atomic E-state index is -0.860. The van der Waals surface area contributed by atoms with E-state index in [2.05, 4.69) is 20.8 Å². The molecule has 0 aliphatic rings. The monoisotopic (exact) mass is 296 g/mol. The Morgan fingerprint density at radius 3 is 2.71 bits per heavy atom. The summed E-state index contributed by atoms with van der Waals surface area (Å²) in [4.78, 5) is 22.3. The zero-order valence-electron chi connectivity index (χ0n) is 12.8. The summed E-state index contributed by atoms with van der Waals surface area (Å²) in [5.74, 6) is -0.860. The number of carbonyl (C=O) groups excluding carboxylic acids is 1. The van der Waals surface area contributed by atoms with Gasteiger partial charge in [-0.05, 0) is 45.6 Å². The first kappa shape index (κ1) is 17.0. The summed E-state index contributed by atoms with van der Waals surface area (Å²) in [6.07, 6.45) is 3.90. The highest BCUT2D eigenvalue weighted by Gasteiger charge is 2.21. The fourth-order valence-electron chi connectivity index (χ4n) is 1.94. The molecule has 0 aliphatic carbocycles. The molecule has 118 valence electrons. The number of hydrogen-bond donors (Lipinski definition) is 4. The van der Waals surface area contributed by atoms with Crippen LogP contribution in [-0.4, -0.2) is 39.4 Å². The van der Waals surface area contributed by atoms with Gasteiger partial charge in [0, 0.05) is 24.2 Å². The van der Waals surface area contributed by atoms with E-state index >= 15 is 0 Å². The standard InChI is InChI=1S/C14H24N4O3/c1-10-11(9-16-18-10)5-4-8-15-13(21)17-14(2,3)7-6-12(19)20/h9H,4-8H2,1-3H3,(H,16,18)(H,19,20)(H2,15,17,21). The van der Waals surface area contributed by atoms with E-state index in [1.54, 1.807) is 6.20 Å². The predicted octanol–water partition coefficient (Wildman–Crippen LogP) is 1.59. The van der Waals surface area contributed by atoms with Crippen LogP contribution in [0.25, 0.3) is 0 Å². The number of carboxylic acid groups (broad SMARTS) is 1. The van der Waals surface area contributed by atoms with E-state index in [9.17, 15) is 9.59 Å². The molecule has 0 bridgehead atoms. The molecule has 2 amide bonds. The number of hydrogen-bond acceptors (Lipinski definition) is 3. The third kappa shape index (κ3) is 6.78. The summed E-state index contributed by atoms with van der Waals surface area (Å²) in [5, 5.41) is 21.0. The van der Waals surface area contributed by atoms with Crippen molar-refractivity contribution in [3.63, 3.8) is 0 Å². The molecular formula is C14H24N4O3. The van der Waals surface area contributed by atoms with Crippen LogP contribution in [0.15, 0.2) is 6.20 Å². The maximum absolute atomic E-state index is 11.7. The lowest BCUT2D eigenvalue weighted by atomic mass is 9.99. The Kier molecular flexibility index (Phi) is 6.20. The molecule has 0 aliphatic heterocycles. The number of H-pyrrole nitrogens is 1. The van der Waals surface area contributed by atoms with Gasteiger partial charge in [-0.3, -0.25) is 9.89 Å². The van der Waals surface area contributed by atoms with E-state index in [1.165, 1.54) is 0 Å². The predicted molar refractivity (Wildman–Crippen MR) is 79.1 cm³/mol. The van der Waals surface area contributed by atoms with Gasteiger partial charge in [-0.1, -0.05) is 0 Å². The molecule has 0 saturated heterocycles. The van der Waals surface area contributed by atoms with Crippen LogP contribution in [0, 0.1) is 6.92 Å². The lowest BCUT2D eigenvalue weighted by Crippen LogP contribution is -2.48. The number of urea groups is 1. The highest BCUT2D eigenvalue weighted by atomic mass is 16.4. The lowest BCUT2D eigenvalue weighted by Gasteiger charge is -2.25. The van der Waals surface area contributed by atoms with E-state index < -0.39 is 11.5 Å². The summed E-state index contributed by atoms with van der Waals surface area (Å²) in [7, 11) is 0. The fraction of sp³-hybridized carbons (Fsp3) is 0.643. The van der Waals surface area contributed by atoms with Crippen molar-refractivity contribution in [1.29, 1.82) is 0 Å². The first-order valence-corrected chi connectivity index (χ1v) is 7.07. The molecule has 1 rings (SSSR count). The molecule has 0 unspecified atom stereocenters. The minimum Gasteiger partial charge on any atom is -0.481 e. The first-order chi connectivity index (χ1) is 9.80. The second kappa shape index (κ2) is 7.66. The first-order valence-electron chi connectivity index (χ1n) is 7.07. The average Bonchev–Trinajstić information content (AvgIpc) is 2.78. The van der Waals surface area contributed by atoms with E-state index in [0.29, 0.717) is 13.0 Å². The number of aliphatic carboxylic acids is 1. The minimum absolute atomic E-state index is 0.0348. The molecule has 4 N–H and O–H groups in total. The van der Waals surface area contributed by atoms with Crippen LogP contribution in [0.2, 0.25) is 0 Å². The van der Waals surface area contributed by atoms with Crippen LogP contribution in [-0.2, 0) is 11.2 Å². The molecule has 0 atom stereocenters. The quantitative estimate of drug-likeness (QED) is 0.546. The second-order valence-corrected chi connectivity index (χ2v) is 5.78. The van der Waals surface area contributed by atoms with Crippen LogP contribution in [0.4, 0.5) is 4.79 Å². The van der Waals surface area contributed by atoms with Gasteiger partial charge >= 0.3 is 12.0 Å². The Hall–Kier alpha value is -2.05. The average molecular weight is 296 g/mol. The molecule has 0 fully saturated rings. The van der Waals surface area contributed by atoms with Crippen LogP contribution in [0.3, 0.4) is 0 Å². The van der Waals surface area contributed by atoms with Crippen molar-refractivity contribution < 1.29 is 14.7 Å². The van der Waals surface area contributed by atoms with Crippen LogP contribution in [0.1, 0.15) is 44.4 Å². The molecule has 0 saturated carbocycles. The van der Waals surface area contributed by atoms with Gasteiger partial charge in [0.05, 0.1) is 6.20 Å². The number of rotatable bonds is 8. The van der Waals surface area contributed by atoms with Crippen molar-refractivity contribution in [3.8, 4) is 0 Å². The van der Waals surface area contributed by atoms with Crippen molar-refractivity contribution in [2.75, 3.05) is 6.54 Å². The van der Waals surface area contributed by atoms with Gasteiger partial charge in [0.25, 0.3) is 0 Å². The van der Waals surface area contributed by atoms with Crippen molar-refractivity contribution in [3.05, 3.63) is 17.5 Å². The van der Waals surface area contributed by atoms with Crippen LogP contribution >= 0.6 is 0 Å². The molecule has 1 heterocycles. The Morgan fingerprint density at radius 1 is 1.43 bits per heavy atom. The third-order valence-electron chi connectivity index (χ3n) is 3.26. The highest BCUT2D eigenvalue weighted by molar-refractivity contribution is 5.74. The van der Waals surface area contributed by atoms with E-state index in [-0.39, 0.29) is 12.5 Å². The zero-order chi connectivity index (χ0) is 15.9. The number of nitrogens with one attached hydrogen (secondary N) is 3. The van der Waals surface area contributed by atoms with Crippen molar-refractivity contribution >= 4 is 12.0 Å². The van der Waals surface area contributed by atoms with Crippen molar-refractivity contribution in [1.82, 2.24) is 20.8 Å². The molecule has 7 nitrogen and oxygen atoms in total. The Bertz CT molecular complexity index is 482. The topological polar surface area (TPSA) is 107 Å². The molecule has 0 aromatic carbocycles. The smallest absolute Gasteiger partial charge is 0.315 e. The van der Waals surface area contributed by atoms with Crippen LogP contribution in [0.5, 0.6) is 0 Å². The second-order valence-electron chi connectivity index (χ2n) is 5.78. The Labute approximate surface area is 124 Å². The van der Waals surface area contributed by atoms with Gasteiger partial charge in [-0.25, -0.2) is 4.79 Å². The Balaban J connectivity index is 2.21. The molecular weight excluding hydrogens is 272 g/mol. The van der Waals surface area contributed by atoms with Gasteiger partial charge in [-0.2, -0.15) is 5.10 Å². The van der Waals surface area contributed by atoms with E-state index in [0.717, 1.165) is 24.1 Å². The normalized spacial score (nSPS) is 11.2. The van der Waals surface area contributed by atoms with E-state index in [4.69, 9.17) is 5.11 Å². The van der Waals surface area contributed by atoms with Gasteiger partial charge < -0.3 is 15.7 Å². The summed E-state index contributed by atoms with van der Waals surface area (Å²) >= 11 is 0. The molecule has 7 heteroatoms. The molecule has 1 aromatic rings. The van der Waals surface area contributed by atoms with Crippen molar-refractivity contribution in [2.45, 2.75) is 52.0 Å². The number of aromatic amines is 1. The summed E-state index contributed by atoms with van der Waals surface area (Å²) in [6.45, 7) is 6.15. The summed E-state index contributed by atoms with van der Waals surface area (Å²) in [6, 6.07) is -0.269. The summed E-state index contributed by atoms with van der Waals surface area (Å²) < 4.78 is 0. The van der Waals surface area contributed by atoms with Gasteiger partial charge in [0.2, 0.25) is 0 Å². The maximum Gasteiger partial charge on any atom is 0.315 e. The largest absolute Gasteiger partial charge is 0.481 e. The summed E-state index contributed by atoms with van der Waals surface area (Å²) in [5.41, 5.74) is 1.66. The molecule has 0 radical (unpaired) electrons. The number of nitrogens with zero attached hydrogens (tertiary/aromatic N) is 1. The highest BCUT2D eigenvalue weighted by Crippen LogP contribution is 2.11. The number of carbonyl (C=O) groups is 2. The van der Waals surface area contributed by atoms with Gasteiger partial charge in [0.1, 0.15) is 0 Å². The number of aromatic nitrogens is 2. The number of carboxylic acids is 1. The SMILES string of the molecule is Cc1[nH]ncc1CCCNC(=O)NC(C)(C)CCC(=O)O. The molecule has 21 heavy (non-hydrogen) atoms. The molecule has 1 aromatic heterocycles. The third-order valence-corrected chi connectivity index (χ3v) is 3.26. The van der Waals surface area contributed by atoms with E-state index in [1.807, 2.05) is 20.8 Å². The fourth-order valence-corrected chi connectivity index (χ4v) is 1.94. The van der Waals surface area contributed by atoms with Crippen molar-refractivity contribution in [2.24, 2.45) is 0 Å². The maximum atomic E-state index is 11.7. The number of amides is 2. The van der Waals surface area contributed by atoms with Gasteiger partial charge in [-0.15, -0.1) is 0 Å². The zero-order valence-corrected chi connectivity index (χ0v) is 12.8.